The van der Waals surface area contributed by atoms with Gasteiger partial charge in [-0.3, -0.25) is 4.90 Å². The highest BCUT2D eigenvalue weighted by Gasteiger charge is 2.21. The number of nitrogens with zero attached hydrogens (tertiary/aromatic N) is 1. The van der Waals surface area contributed by atoms with Gasteiger partial charge in [-0.2, -0.15) is 0 Å². The predicted molar refractivity (Wildman–Crippen MR) is 86.2 cm³/mol. The second kappa shape index (κ2) is 7.58. The van der Waals surface area contributed by atoms with Crippen molar-refractivity contribution in [3.05, 3.63) is 26.6 Å². The quantitative estimate of drug-likeness (QED) is 0.790. The summed E-state index contributed by atoms with van der Waals surface area (Å²) in [5.41, 5.74) is 0.201. The molecule has 1 atom stereocenters. The molecule has 7 heteroatoms. The van der Waals surface area contributed by atoms with Gasteiger partial charge < -0.3 is 14.6 Å². The zero-order chi connectivity index (χ0) is 15.4. The summed E-state index contributed by atoms with van der Waals surface area (Å²) in [4.78, 5) is 13.3. The molecule has 1 unspecified atom stereocenters. The molecule has 5 nitrogen and oxygen atoms in total. The van der Waals surface area contributed by atoms with Crippen molar-refractivity contribution >= 4 is 37.8 Å². The highest BCUT2D eigenvalue weighted by Crippen LogP contribution is 2.35. The Balaban J connectivity index is 2.01. The SMILES string of the molecule is CCN1CCOC(COc2c(Br)cc(C(=O)O)cc2Br)C1. The van der Waals surface area contributed by atoms with Gasteiger partial charge in [-0.15, -0.1) is 0 Å². The van der Waals surface area contributed by atoms with Crippen LogP contribution in [0.5, 0.6) is 5.75 Å². The lowest BCUT2D eigenvalue weighted by Gasteiger charge is -2.32. The Hall–Kier alpha value is -0.630. The van der Waals surface area contributed by atoms with Crippen LogP contribution in [-0.4, -0.2) is 54.9 Å². The van der Waals surface area contributed by atoms with Crippen LogP contribution in [0.2, 0.25) is 0 Å². The maximum atomic E-state index is 11.0. The van der Waals surface area contributed by atoms with Gasteiger partial charge in [-0.05, 0) is 50.5 Å². The zero-order valence-electron chi connectivity index (χ0n) is 11.6. The summed E-state index contributed by atoms with van der Waals surface area (Å²) in [6, 6.07) is 3.06. The van der Waals surface area contributed by atoms with Crippen molar-refractivity contribution in [2.24, 2.45) is 0 Å². The smallest absolute Gasteiger partial charge is 0.335 e. The Morgan fingerprint density at radius 3 is 2.71 bits per heavy atom. The van der Waals surface area contributed by atoms with Crippen LogP contribution in [0.4, 0.5) is 0 Å². The van der Waals surface area contributed by atoms with E-state index in [4.69, 9.17) is 14.6 Å². The van der Waals surface area contributed by atoms with Crippen LogP contribution in [0.25, 0.3) is 0 Å². The highest BCUT2D eigenvalue weighted by atomic mass is 79.9. The van der Waals surface area contributed by atoms with Gasteiger partial charge in [0.15, 0.2) is 0 Å². The molecule has 1 aliphatic rings. The minimum atomic E-state index is -0.975. The van der Waals surface area contributed by atoms with Crippen molar-refractivity contribution in [3.8, 4) is 5.75 Å². The molecule has 0 aliphatic carbocycles. The van der Waals surface area contributed by atoms with E-state index in [1.807, 2.05) is 0 Å². The van der Waals surface area contributed by atoms with Gasteiger partial charge in [0.05, 0.1) is 21.1 Å². The Morgan fingerprint density at radius 1 is 1.48 bits per heavy atom. The molecule has 0 saturated carbocycles. The third-order valence-corrected chi connectivity index (χ3v) is 4.51. The average Bonchev–Trinajstić information content (AvgIpc) is 2.46. The van der Waals surface area contributed by atoms with E-state index in [1.54, 1.807) is 0 Å². The van der Waals surface area contributed by atoms with Gasteiger partial charge in [-0.25, -0.2) is 4.79 Å². The second-order valence-electron chi connectivity index (χ2n) is 4.77. The Labute approximate surface area is 140 Å². The van der Waals surface area contributed by atoms with Gasteiger partial charge >= 0.3 is 5.97 Å². The lowest BCUT2D eigenvalue weighted by molar-refractivity contribution is -0.0466. The summed E-state index contributed by atoms with van der Waals surface area (Å²) in [5, 5.41) is 9.01. The van der Waals surface area contributed by atoms with E-state index in [2.05, 4.69) is 43.7 Å². The zero-order valence-corrected chi connectivity index (χ0v) is 14.8. The number of morpholine rings is 1. The maximum absolute atomic E-state index is 11.0. The molecule has 0 aromatic heterocycles. The molecule has 1 fully saturated rings. The fraction of sp³-hybridized carbons (Fsp3) is 0.500. The van der Waals surface area contributed by atoms with Crippen molar-refractivity contribution < 1.29 is 19.4 Å². The summed E-state index contributed by atoms with van der Waals surface area (Å²) < 4.78 is 12.7. The van der Waals surface area contributed by atoms with Gasteiger partial charge in [-0.1, -0.05) is 6.92 Å². The van der Waals surface area contributed by atoms with E-state index in [-0.39, 0.29) is 11.7 Å². The summed E-state index contributed by atoms with van der Waals surface area (Å²) in [5.74, 6) is -0.380. The fourth-order valence-electron chi connectivity index (χ4n) is 2.17. The van der Waals surface area contributed by atoms with Gasteiger partial charge in [0.2, 0.25) is 0 Å². The Morgan fingerprint density at radius 2 is 2.14 bits per heavy atom. The number of carboxylic acid groups (broad SMARTS) is 1. The Bertz CT molecular complexity index is 501. The van der Waals surface area contributed by atoms with Gasteiger partial charge in [0, 0.05) is 13.1 Å². The standard InChI is InChI=1S/C14H17Br2NO4/c1-2-17-3-4-20-10(7-17)8-21-13-11(15)5-9(14(18)19)6-12(13)16/h5-6,10H,2-4,7-8H2,1H3,(H,18,19). The molecule has 0 radical (unpaired) electrons. The number of rotatable bonds is 5. The van der Waals surface area contributed by atoms with Crippen molar-refractivity contribution in [3.63, 3.8) is 0 Å². The molecule has 2 rings (SSSR count). The highest BCUT2D eigenvalue weighted by molar-refractivity contribution is 9.11. The molecule has 0 bridgehead atoms. The first-order valence-electron chi connectivity index (χ1n) is 6.70. The van der Waals surface area contributed by atoms with Crippen molar-refractivity contribution in [1.82, 2.24) is 4.90 Å². The lowest BCUT2D eigenvalue weighted by atomic mass is 10.2. The number of hydrogen-bond donors (Lipinski definition) is 1. The molecule has 1 aromatic carbocycles. The molecule has 0 spiro atoms. The van der Waals surface area contributed by atoms with Gasteiger partial charge in [0.1, 0.15) is 18.5 Å². The molecule has 1 aromatic rings. The van der Waals surface area contributed by atoms with E-state index in [0.717, 1.165) is 19.6 Å². The fourth-order valence-corrected chi connectivity index (χ4v) is 3.58. The Kier molecular flexibility index (Phi) is 6.04. The molecular formula is C14H17Br2NO4. The number of ether oxygens (including phenoxy) is 2. The van der Waals surface area contributed by atoms with E-state index in [0.29, 0.717) is 27.9 Å². The number of hydrogen-bond acceptors (Lipinski definition) is 4. The first-order chi connectivity index (χ1) is 10.0. The number of carbonyl (C=O) groups is 1. The first-order valence-corrected chi connectivity index (χ1v) is 8.29. The molecule has 0 amide bonds. The van der Waals surface area contributed by atoms with Crippen LogP contribution >= 0.6 is 31.9 Å². The second-order valence-corrected chi connectivity index (χ2v) is 6.48. The largest absolute Gasteiger partial charge is 0.488 e. The number of halogens is 2. The van der Waals surface area contributed by atoms with Crippen LogP contribution in [0.1, 0.15) is 17.3 Å². The summed E-state index contributed by atoms with van der Waals surface area (Å²) >= 11 is 6.69. The van der Waals surface area contributed by atoms with Crippen LogP contribution in [0.3, 0.4) is 0 Å². The van der Waals surface area contributed by atoms with E-state index < -0.39 is 5.97 Å². The molecule has 1 heterocycles. The normalized spacial score (nSPS) is 19.5. The topological polar surface area (TPSA) is 59.0 Å². The van der Waals surface area contributed by atoms with Crippen molar-refractivity contribution in [2.75, 3.05) is 32.8 Å². The summed E-state index contributed by atoms with van der Waals surface area (Å²) in [6.07, 6.45) is 0.0247. The summed E-state index contributed by atoms with van der Waals surface area (Å²) in [6.45, 7) is 6.07. The molecular weight excluding hydrogens is 406 g/mol. The monoisotopic (exact) mass is 421 g/mol. The third-order valence-electron chi connectivity index (χ3n) is 3.33. The minimum Gasteiger partial charge on any atom is -0.488 e. The van der Waals surface area contributed by atoms with Crippen LogP contribution < -0.4 is 4.74 Å². The lowest BCUT2D eigenvalue weighted by Crippen LogP contribution is -2.44. The maximum Gasteiger partial charge on any atom is 0.335 e. The minimum absolute atomic E-state index is 0.0247. The number of carboxylic acids is 1. The van der Waals surface area contributed by atoms with E-state index in [1.165, 1.54) is 12.1 Å². The average molecular weight is 423 g/mol. The van der Waals surface area contributed by atoms with Crippen LogP contribution in [0.15, 0.2) is 21.1 Å². The first kappa shape index (κ1) is 16.7. The van der Waals surface area contributed by atoms with Crippen molar-refractivity contribution in [2.45, 2.75) is 13.0 Å². The van der Waals surface area contributed by atoms with E-state index in [9.17, 15) is 4.79 Å². The van der Waals surface area contributed by atoms with Gasteiger partial charge in [0.25, 0.3) is 0 Å². The van der Waals surface area contributed by atoms with E-state index >= 15 is 0 Å². The van der Waals surface area contributed by atoms with Crippen molar-refractivity contribution in [1.29, 1.82) is 0 Å². The molecule has 116 valence electrons. The summed E-state index contributed by atoms with van der Waals surface area (Å²) in [7, 11) is 0. The number of benzene rings is 1. The van der Waals surface area contributed by atoms with Crippen LogP contribution in [-0.2, 0) is 4.74 Å². The number of aromatic carboxylic acids is 1. The molecule has 1 N–H and O–H groups in total. The predicted octanol–water partition coefficient (Wildman–Crippen LogP) is 3.01. The third kappa shape index (κ3) is 4.42. The molecule has 1 saturated heterocycles. The molecule has 21 heavy (non-hydrogen) atoms. The van der Waals surface area contributed by atoms with Crippen LogP contribution in [0, 0.1) is 0 Å². The number of likely N-dealkylation sites (N-methyl/N-ethyl adjacent to an activating group) is 1. The molecule has 1 aliphatic heterocycles.